The van der Waals surface area contributed by atoms with Crippen LogP contribution in [0.3, 0.4) is 0 Å². The molecule has 1 aromatic carbocycles. The molecule has 1 rings (SSSR count). The third-order valence-corrected chi connectivity index (χ3v) is 3.58. The Balaban J connectivity index is 0.00000676. The van der Waals surface area contributed by atoms with Crippen molar-refractivity contribution in [1.29, 1.82) is 0 Å². The molecule has 0 radical (unpaired) electrons. The van der Waals surface area contributed by atoms with Crippen molar-refractivity contribution in [1.82, 2.24) is 10.2 Å². The van der Waals surface area contributed by atoms with E-state index in [4.69, 9.17) is 17.0 Å². The van der Waals surface area contributed by atoms with Crippen molar-refractivity contribution < 1.29 is 14.3 Å². The molecule has 1 aromatic rings. The maximum absolute atomic E-state index is 12.1. The molecule has 0 fully saturated rings. The van der Waals surface area contributed by atoms with Gasteiger partial charge in [0.05, 0.1) is 24.5 Å². The van der Waals surface area contributed by atoms with E-state index in [-0.39, 0.29) is 36.6 Å². The number of aryl methyl sites for hydroxylation is 1. The number of alkyl carbamates (subject to hydrolysis) is 1. The highest BCUT2D eigenvalue weighted by Gasteiger charge is 2.12. The molecule has 0 spiro atoms. The number of thiocarbonyl (C=S) groups is 1. The Morgan fingerprint density at radius 1 is 1.15 bits per heavy atom. The fraction of sp³-hybridized carbons (Fsp3) is 0.500. The van der Waals surface area contributed by atoms with Crippen LogP contribution in [0.2, 0.25) is 0 Å². The number of halogens is 1. The summed E-state index contributed by atoms with van der Waals surface area (Å²) in [5, 5.41) is 8.38. The number of nitrogens with one attached hydrogen (secondary N) is 3. The number of anilines is 2. The van der Waals surface area contributed by atoms with Crippen molar-refractivity contribution in [2.24, 2.45) is 0 Å². The minimum atomic E-state index is -0.620. The van der Waals surface area contributed by atoms with Gasteiger partial charge in [-0.1, -0.05) is 19.4 Å². The van der Waals surface area contributed by atoms with Crippen LogP contribution in [-0.4, -0.2) is 49.3 Å². The molecule has 2 amide bonds. The van der Waals surface area contributed by atoms with Gasteiger partial charge in [0.25, 0.3) is 0 Å². The highest BCUT2D eigenvalue weighted by atomic mass is 35.5. The molecule has 0 saturated carbocycles. The molecule has 0 aliphatic heterocycles. The molecule has 0 heterocycles. The number of likely N-dealkylation sites (N-methyl/N-ethyl adjacent to an activating group) is 1. The highest BCUT2D eigenvalue weighted by molar-refractivity contribution is 7.80. The Hall–Kier alpha value is -1.90. The number of benzene rings is 1. The molecule has 0 atom stereocenters. The monoisotopic (exact) mass is 416 g/mol. The molecular formula is C18H29ClN4O3S. The molecule has 3 N–H and O–H groups in total. The van der Waals surface area contributed by atoms with Crippen LogP contribution in [0, 0.1) is 0 Å². The summed E-state index contributed by atoms with van der Waals surface area (Å²) in [7, 11) is 3.65. The number of amides is 2. The minimum absolute atomic E-state index is 0. The highest BCUT2D eigenvalue weighted by Crippen LogP contribution is 2.24. The number of rotatable bonds is 8. The average molecular weight is 417 g/mol. The van der Waals surface area contributed by atoms with Crippen molar-refractivity contribution in [2.75, 3.05) is 37.9 Å². The molecule has 0 aromatic heterocycles. The lowest BCUT2D eigenvalue weighted by Crippen LogP contribution is -2.35. The van der Waals surface area contributed by atoms with E-state index in [0.29, 0.717) is 11.4 Å². The zero-order chi connectivity index (χ0) is 19.5. The number of nitrogens with zero attached hydrogens (tertiary/aromatic N) is 1. The van der Waals surface area contributed by atoms with E-state index in [1.54, 1.807) is 11.8 Å². The van der Waals surface area contributed by atoms with Gasteiger partial charge < -0.3 is 20.3 Å². The van der Waals surface area contributed by atoms with Crippen LogP contribution in [0.5, 0.6) is 0 Å². The van der Waals surface area contributed by atoms with E-state index in [9.17, 15) is 9.59 Å². The molecule has 152 valence electrons. The Bertz CT molecular complexity index is 641. The van der Waals surface area contributed by atoms with Gasteiger partial charge in [-0.15, -0.1) is 12.4 Å². The first kappa shape index (κ1) is 25.1. The predicted octanol–water partition coefficient (Wildman–Crippen LogP) is 3.39. The first-order valence-corrected chi connectivity index (χ1v) is 9.08. The van der Waals surface area contributed by atoms with Crippen LogP contribution < -0.4 is 16.0 Å². The van der Waals surface area contributed by atoms with Crippen LogP contribution in [0.15, 0.2) is 18.2 Å². The normalized spacial score (nSPS) is 9.96. The van der Waals surface area contributed by atoms with Crippen LogP contribution in [0.1, 0.15) is 32.3 Å². The number of carbonyl (C=O) groups is 2. The summed E-state index contributed by atoms with van der Waals surface area (Å²) in [5.41, 5.74) is 2.36. The van der Waals surface area contributed by atoms with Gasteiger partial charge in [0, 0.05) is 0 Å². The number of hydrogen-bond donors (Lipinski definition) is 3. The van der Waals surface area contributed by atoms with Crippen molar-refractivity contribution in [2.45, 2.75) is 33.1 Å². The fourth-order valence-corrected chi connectivity index (χ4v) is 2.42. The van der Waals surface area contributed by atoms with E-state index in [2.05, 4.69) is 22.9 Å². The van der Waals surface area contributed by atoms with Crippen molar-refractivity contribution in [3.05, 3.63) is 23.8 Å². The van der Waals surface area contributed by atoms with Crippen LogP contribution in [-0.2, 0) is 16.0 Å². The van der Waals surface area contributed by atoms with Gasteiger partial charge in [-0.2, -0.15) is 0 Å². The Kier molecular flexibility index (Phi) is 12.4. The summed E-state index contributed by atoms with van der Waals surface area (Å²) in [6.45, 7) is 4.37. The first-order chi connectivity index (χ1) is 12.3. The lowest BCUT2D eigenvalue weighted by Gasteiger charge is -2.17. The van der Waals surface area contributed by atoms with Gasteiger partial charge in [-0.25, -0.2) is 4.79 Å². The number of unbranched alkanes of at least 4 members (excludes halogenated alkanes) is 1. The van der Waals surface area contributed by atoms with E-state index >= 15 is 0 Å². The van der Waals surface area contributed by atoms with Crippen molar-refractivity contribution >= 4 is 53.1 Å². The van der Waals surface area contributed by atoms with Gasteiger partial charge in [0.2, 0.25) is 5.91 Å². The summed E-state index contributed by atoms with van der Waals surface area (Å²) in [6, 6.07) is 5.75. The topological polar surface area (TPSA) is 82.7 Å². The third kappa shape index (κ3) is 10.1. The van der Waals surface area contributed by atoms with Gasteiger partial charge in [-0.3, -0.25) is 10.1 Å². The van der Waals surface area contributed by atoms with Gasteiger partial charge in [0.1, 0.15) is 0 Å². The van der Waals surface area contributed by atoms with Gasteiger partial charge in [-0.05, 0) is 63.8 Å². The second kappa shape index (κ2) is 13.3. The van der Waals surface area contributed by atoms with Crippen LogP contribution in [0.4, 0.5) is 16.2 Å². The molecule has 0 aliphatic rings. The summed E-state index contributed by atoms with van der Waals surface area (Å²) >= 11 is 5.16. The Labute approximate surface area is 172 Å². The summed E-state index contributed by atoms with van der Waals surface area (Å²) in [4.78, 5) is 25.4. The first-order valence-electron chi connectivity index (χ1n) is 8.68. The Morgan fingerprint density at radius 3 is 2.44 bits per heavy atom. The molecule has 7 nitrogen and oxygen atoms in total. The fourth-order valence-electron chi connectivity index (χ4n) is 2.23. The second-order valence-corrected chi connectivity index (χ2v) is 6.48. The number of hydrogen-bond acceptors (Lipinski definition) is 5. The largest absolute Gasteiger partial charge is 0.450 e. The second-order valence-electron chi connectivity index (χ2n) is 6.07. The quantitative estimate of drug-likeness (QED) is 0.563. The smallest absolute Gasteiger partial charge is 0.413 e. The lowest BCUT2D eigenvalue weighted by molar-refractivity contribution is -0.116. The summed E-state index contributed by atoms with van der Waals surface area (Å²) < 4.78 is 4.81. The number of carbonyl (C=O) groups excluding carboxylic acids is 2. The maximum Gasteiger partial charge on any atom is 0.413 e. The summed E-state index contributed by atoms with van der Waals surface area (Å²) in [6.07, 6.45) is 2.46. The molecule has 0 saturated heterocycles. The standard InChI is InChI=1S/C18H28N4O3S.ClH/c1-5-7-8-13-9-10-14(19-16(23)12-22(3)4)15(11-13)20-17(26)21-18(24)25-6-2;/h9-11H,5-8,12H2,1-4H3,(H,19,23)(H2,20,21,24,26);1H. The molecule has 27 heavy (non-hydrogen) atoms. The van der Waals surface area contributed by atoms with Crippen molar-refractivity contribution in [3.63, 3.8) is 0 Å². The van der Waals surface area contributed by atoms with E-state index in [0.717, 1.165) is 24.8 Å². The number of ether oxygens (including phenoxy) is 1. The lowest BCUT2D eigenvalue weighted by atomic mass is 10.1. The van der Waals surface area contributed by atoms with E-state index in [1.807, 2.05) is 32.3 Å². The molecule has 0 unspecified atom stereocenters. The minimum Gasteiger partial charge on any atom is -0.450 e. The Morgan fingerprint density at radius 2 is 1.85 bits per heavy atom. The van der Waals surface area contributed by atoms with Crippen LogP contribution >= 0.6 is 24.6 Å². The molecule has 0 aliphatic carbocycles. The van der Waals surface area contributed by atoms with Gasteiger partial charge >= 0.3 is 6.09 Å². The van der Waals surface area contributed by atoms with Crippen molar-refractivity contribution in [3.8, 4) is 0 Å². The maximum atomic E-state index is 12.1. The van der Waals surface area contributed by atoms with E-state index < -0.39 is 6.09 Å². The zero-order valence-electron chi connectivity index (χ0n) is 16.3. The zero-order valence-corrected chi connectivity index (χ0v) is 17.9. The third-order valence-electron chi connectivity index (χ3n) is 3.38. The van der Waals surface area contributed by atoms with Gasteiger partial charge in [0.15, 0.2) is 5.11 Å². The molecule has 9 heteroatoms. The molecular weight excluding hydrogens is 388 g/mol. The predicted molar refractivity (Wildman–Crippen MR) is 116 cm³/mol. The summed E-state index contributed by atoms with van der Waals surface area (Å²) in [5.74, 6) is -0.136. The van der Waals surface area contributed by atoms with Crippen LogP contribution in [0.25, 0.3) is 0 Å². The molecule has 0 bridgehead atoms. The SMILES string of the molecule is CCCCc1ccc(NC(=O)CN(C)C)c(NC(=S)NC(=O)OCC)c1.Cl. The van der Waals surface area contributed by atoms with E-state index in [1.165, 1.54) is 0 Å². The average Bonchev–Trinajstić information content (AvgIpc) is 2.54.